The third-order valence-corrected chi connectivity index (χ3v) is 4.03. The van der Waals surface area contributed by atoms with Gasteiger partial charge in [-0.25, -0.2) is 0 Å². The number of H-pyrrole nitrogens is 1. The highest BCUT2D eigenvalue weighted by atomic mass is 16.5. The third kappa shape index (κ3) is 5.02. The average molecular weight is 339 g/mol. The number of hydrogen-bond donors (Lipinski definition) is 2. The Bertz CT molecular complexity index is 712. The lowest BCUT2D eigenvalue weighted by Crippen LogP contribution is -2.21. The highest BCUT2D eigenvalue weighted by Crippen LogP contribution is 2.17. The molecule has 1 aromatic carbocycles. The topological polar surface area (TPSA) is 103 Å². The molecule has 0 bridgehead atoms. The van der Waals surface area contributed by atoms with E-state index in [4.69, 9.17) is 10.00 Å². The molecule has 2 aromatic rings. The highest BCUT2D eigenvalue weighted by Gasteiger charge is 2.10. The number of ether oxygens (including phenoxy) is 1. The van der Waals surface area contributed by atoms with Crippen LogP contribution in [0.2, 0.25) is 0 Å². The smallest absolute Gasteiger partial charge is 0.216 e. The van der Waals surface area contributed by atoms with Crippen LogP contribution in [0, 0.1) is 11.3 Å². The van der Waals surface area contributed by atoms with Gasteiger partial charge in [0.2, 0.25) is 5.82 Å². The molecule has 3 rings (SSSR count). The molecule has 1 aliphatic heterocycles. The Morgan fingerprint density at radius 1 is 1.32 bits per heavy atom. The first-order chi connectivity index (χ1) is 12.3. The Hall–Kier alpha value is -2.92. The van der Waals surface area contributed by atoms with E-state index >= 15 is 0 Å². The first kappa shape index (κ1) is 16.9. The zero-order chi connectivity index (χ0) is 17.3. The Morgan fingerprint density at radius 2 is 2.12 bits per heavy atom. The lowest BCUT2D eigenvalue weighted by molar-refractivity contribution is 0.263. The second kappa shape index (κ2) is 8.80. The molecule has 1 aromatic heterocycles. The number of benzene rings is 1. The first-order valence-corrected chi connectivity index (χ1v) is 8.41. The van der Waals surface area contributed by atoms with E-state index in [1.54, 1.807) is 6.20 Å². The van der Waals surface area contributed by atoms with Gasteiger partial charge in [0, 0.05) is 18.4 Å². The number of aromatic amines is 1. The Morgan fingerprint density at radius 3 is 2.80 bits per heavy atom. The molecule has 0 amide bonds. The number of nitriles is 1. The fourth-order valence-electron chi connectivity index (χ4n) is 2.71. The molecule has 0 aliphatic carbocycles. The van der Waals surface area contributed by atoms with E-state index in [1.807, 2.05) is 30.3 Å². The summed E-state index contributed by atoms with van der Waals surface area (Å²) >= 11 is 0. The van der Waals surface area contributed by atoms with E-state index in [9.17, 15) is 0 Å². The molecule has 25 heavy (non-hydrogen) atoms. The number of tetrazole rings is 1. The zero-order valence-electron chi connectivity index (χ0n) is 14.0. The van der Waals surface area contributed by atoms with Crippen molar-refractivity contribution in [3.63, 3.8) is 0 Å². The van der Waals surface area contributed by atoms with Crippen molar-refractivity contribution in [1.82, 2.24) is 25.5 Å². The summed E-state index contributed by atoms with van der Waals surface area (Å²) in [7, 11) is 0. The second-order valence-electron chi connectivity index (χ2n) is 5.82. The summed E-state index contributed by atoms with van der Waals surface area (Å²) in [5.74, 6) is 1.10. The van der Waals surface area contributed by atoms with Crippen molar-refractivity contribution in [2.75, 3.05) is 31.6 Å². The van der Waals surface area contributed by atoms with Crippen molar-refractivity contribution in [2.24, 2.45) is 0 Å². The number of anilines is 1. The largest absolute Gasteiger partial charge is 0.494 e. The van der Waals surface area contributed by atoms with Crippen molar-refractivity contribution in [3.8, 4) is 11.8 Å². The van der Waals surface area contributed by atoms with E-state index in [0.29, 0.717) is 5.57 Å². The molecule has 0 unspecified atom stereocenters. The maximum Gasteiger partial charge on any atom is 0.216 e. The quantitative estimate of drug-likeness (QED) is 0.560. The summed E-state index contributed by atoms with van der Waals surface area (Å²) in [6.07, 6.45) is 5.24. The number of nitrogens with one attached hydrogen (secondary N) is 2. The molecular formula is C17H21N7O. The van der Waals surface area contributed by atoms with Gasteiger partial charge in [0.1, 0.15) is 17.4 Å². The summed E-state index contributed by atoms with van der Waals surface area (Å²) in [5, 5.41) is 25.5. The van der Waals surface area contributed by atoms with Crippen LogP contribution in [-0.2, 0) is 0 Å². The summed E-state index contributed by atoms with van der Waals surface area (Å²) in [6.45, 7) is 4.28. The highest BCUT2D eigenvalue weighted by molar-refractivity contribution is 5.74. The van der Waals surface area contributed by atoms with E-state index < -0.39 is 0 Å². The minimum Gasteiger partial charge on any atom is -0.494 e. The van der Waals surface area contributed by atoms with Crippen LogP contribution in [0.4, 0.5) is 5.69 Å². The van der Waals surface area contributed by atoms with E-state index in [0.717, 1.165) is 31.0 Å². The molecule has 130 valence electrons. The Labute approximate surface area is 146 Å². The molecule has 0 radical (unpaired) electrons. The molecule has 0 spiro atoms. The fraction of sp³-hybridized carbons (Fsp3) is 0.412. The summed E-state index contributed by atoms with van der Waals surface area (Å²) < 4.78 is 5.77. The number of nitrogens with zero attached hydrogens (tertiary/aromatic N) is 5. The van der Waals surface area contributed by atoms with Crippen LogP contribution in [-0.4, -0.2) is 51.8 Å². The van der Waals surface area contributed by atoms with Crippen LogP contribution in [0.5, 0.6) is 5.75 Å². The van der Waals surface area contributed by atoms with Gasteiger partial charge in [0.15, 0.2) is 0 Å². The van der Waals surface area contributed by atoms with Crippen molar-refractivity contribution in [1.29, 1.82) is 5.26 Å². The molecule has 8 nitrogen and oxygen atoms in total. The van der Waals surface area contributed by atoms with Gasteiger partial charge in [0.05, 0.1) is 6.61 Å². The van der Waals surface area contributed by atoms with Crippen LogP contribution in [0.15, 0.2) is 30.5 Å². The van der Waals surface area contributed by atoms with Gasteiger partial charge in [-0.05, 0) is 61.8 Å². The number of aromatic nitrogens is 4. The van der Waals surface area contributed by atoms with E-state index in [1.165, 1.54) is 25.9 Å². The van der Waals surface area contributed by atoms with Crippen molar-refractivity contribution in [3.05, 3.63) is 36.3 Å². The molecule has 1 fully saturated rings. The lowest BCUT2D eigenvalue weighted by atomic mass is 10.2. The Balaban J connectivity index is 1.44. The summed E-state index contributed by atoms with van der Waals surface area (Å²) in [5.41, 5.74) is 1.15. The van der Waals surface area contributed by atoms with Gasteiger partial charge in [-0.15, -0.1) is 10.2 Å². The molecule has 1 aliphatic rings. The van der Waals surface area contributed by atoms with Crippen molar-refractivity contribution in [2.45, 2.75) is 19.3 Å². The van der Waals surface area contributed by atoms with Gasteiger partial charge in [0.25, 0.3) is 0 Å². The first-order valence-electron chi connectivity index (χ1n) is 8.41. The van der Waals surface area contributed by atoms with Crippen LogP contribution in [0.25, 0.3) is 5.57 Å². The predicted molar refractivity (Wildman–Crippen MR) is 93.6 cm³/mol. The lowest BCUT2D eigenvalue weighted by Gasteiger charge is -2.14. The summed E-state index contributed by atoms with van der Waals surface area (Å²) in [6, 6.07) is 9.65. The van der Waals surface area contributed by atoms with Crippen LogP contribution in [0.3, 0.4) is 0 Å². The zero-order valence-corrected chi connectivity index (χ0v) is 14.0. The van der Waals surface area contributed by atoms with Gasteiger partial charge in [-0.2, -0.15) is 10.5 Å². The molecule has 8 heteroatoms. The third-order valence-electron chi connectivity index (χ3n) is 4.03. The van der Waals surface area contributed by atoms with Gasteiger partial charge < -0.3 is 15.0 Å². The maximum atomic E-state index is 9.12. The Kier molecular flexibility index (Phi) is 5.96. The number of allylic oxidation sites excluding steroid dienone is 1. The van der Waals surface area contributed by atoms with Crippen LogP contribution >= 0.6 is 0 Å². The van der Waals surface area contributed by atoms with Crippen molar-refractivity contribution >= 4 is 11.3 Å². The number of rotatable bonds is 8. The molecule has 0 atom stereocenters. The van der Waals surface area contributed by atoms with Crippen molar-refractivity contribution < 1.29 is 4.74 Å². The normalized spacial score (nSPS) is 15.1. The van der Waals surface area contributed by atoms with E-state index in [2.05, 4.69) is 30.8 Å². The monoisotopic (exact) mass is 339 g/mol. The van der Waals surface area contributed by atoms with Gasteiger partial charge in [-0.1, -0.05) is 0 Å². The van der Waals surface area contributed by atoms with E-state index in [-0.39, 0.29) is 5.82 Å². The van der Waals surface area contributed by atoms with Gasteiger partial charge >= 0.3 is 0 Å². The minimum absolute atomic E-state index is 0.257. The fourth-order valence-corrected chi connectivity index (χ4v) is 2.71. The molecule has 2 N–H and O–H groups in total. The van der Waals surface area contributed by atoms with Crippen LogP contribution < -0.4 is 10.1 Å². The minimum atomic E-state index is 0.257. The van der Waals surface area contributed by atoms with Gasteiger partial charge in [-0.3, -0.25) is 0 Å². The average Bonchev–Trinajstić information content (AvgIpc) is 3.34. The standard InChI is InChI=1S/C17H21N7O/c18-12-14(17-20-22-23-21-17)13-19-15-4-6-16(7-5-15)25-11-3-10-24-8-1-2-9-24/h4-7,13,19H,1-3,8-11H2,(H,20,21,22,23). The number of likely N-dealkylation sites (tertiary alicyclic amines) is 1. The maximum absolute atomic E-state index is 9.12. The molecular weight excluding hydrogens is 318 g/mol. The SMILES string of the molecule is N#CC(=CNc1ccc(OCCCN2CCCC2)cc1)c1nn[nH]n1. The second-order valence-corrected chi connectivity index (χ2v) is 5.82. The molecule has 2 heterocycles. The number of hydrogen-bond acceptors (Lipinski definition) is 7. The predicted octanol–water partition coefficient (Wildman–Crippen LogP) is 2.04. The van der Waals surface area contributed by atoms with Crippen LogP contribution in [0.1, 0.15) is 25.1 Å². The molecule has 1 saturated heterocycles. The summed E-state index contributed by atoms with van der Waals surface area (Å²) in [4.78, 5) is 2.49. The molecule has 0 saturated carbocycles.